The highest BCUT2D eigenvalue weighted by Crippen LogP contribution is 2.23. The van der Waals surface area contributed by atoms with E-state index in [-0.39, 0.29) is 13.2 Å². The van der Waals surface area contributed by atoms with Crippen LogP contribution in [0.15, 0.2) is 0 Å². The van der Waals surface area contributed by atoms with Gasteiger partial charge in [-0.05, 0) is 0 Å². The van der Waals surface area contributed by atoms with Crippen LogP contribution in [0.4, 0.5) is 0 Å². The van der Waals surface area contributed by atoms with Gasteiger partial charge in [-0.1, -0.05) is 0 Å². The Morgan fingerprint density at radius 1 is 1.17 bits per heavy atom. The number of carbonyl (C=O) groups is 1. The Morgan fingerprint density at radius 3 is 2.22 bits per heavy atom. The van der Waals surface area contributed by atoms with Crippen molar-refractivity contribution >= 4 is 5.91 Å². The molecule has 0 saturated carbocycles. The van der Waals surface area contributed by atoms with Crippen molar-refractivity contribution in [2.45, 2.75) is 37.6 Å². The maximum absolute atomic E-state index is 11.4. The third-order valence-electron chi connectivity index (χ3n) is 2.92. The number of aliphatic hydroxyl groups excluding tert-OH is 5. The molecule has 0 aliphatic carbocycles. The summed E-state index contributed by atoms with van der Waals surface area (Å²) in [7, 11) is 0. The third-order valence-corrected chi connectivity index (χ3v) is 2.92. The second-order valence-electron chi connectivity index (χ2n) is 4.16. The number of amides is 1. The minimum Gasteiger partial charge on any atom is -0.395 e. The van der Waals surface area contributed by atoms with Crippen LogP contribution in [0.1, 0.15) is 6.92 Å². The van der Waals surface area contributed by atoms with Crippen molar-refractivity contribution in [1.82, 2.24) is 4.90 Å². The second-order valence-corrected chi connectivity index (χ2v) is 4.16. The summed E-state index contributed by atoms with van der Waals surface area (Å²) < 4.78 is 5.19. The summed E-state index contributed by atoms with van der Waals surface area (Å²) in [4.78, 5) is 12.4. The molecule has 0 bridgehead atoms. The smallest absolute Gasteiger partial charge is 0.221 e. The lowest BCUT2D eigenvalue weighted by Gasteiger charge is -2.44. The van der Waals surface area contributed by atoms with E-state index in [0.717, 1.165) is 4.90 Å². The summed E-state index contributed by atoms with van der Waals surface area (Å²) in [5.41, 5.74) is 0. The van der Waals surface area contributed by atoms with E-state index in [2.05, 4.69) is 0 Å². The number of nitrogens with zero attached hydrogens (tertiary/aromatic N) is 1. The molecule has 1 saturated heterocycles. The molecule has 8 heteroatoms. The molecule has 8 nitrogen and oxygen atoms in total. The van der Waals surface area contributed by atoms with Crippen LogP contribution >= 0.6 is 0 Å². The van der Waals surface area contributed by atoms with Crippen molar-refractivity contribution in [1.29, 1.82) is 0 Å². The van der Waals surface area contributed by atoms with Gasteiger partial charge in [0.1, 0.15) is 24.4 Å². The predicted molar refractivity (Wildman–Crippen MR) is 58.2 cm³/mol. The molecular weight excluding hydrogens is 246 g/mol. The van der Waals surface area contributed by atoms with Crippen molar-refractivity contribution in [3.8, 4) is 0 Å². The van der Waals surface area contributed by atoms with E-state index in [4.69, 9.17) is 14.9 Å². The molecule has 0 unspecified atom stereocenters. The molecule has 1 rings (SSSR count). The van der Waals surface area contributed by atoms with Gasteiger partial charge in [0.15, 0.2) is 6.23 Å². The number of hydrogen-bond acceptors (Lipinski definition) is 7. The summed E-state index contributed by atoms with van der Waals surface area (Å²) >= 11 is 0. The Bertz CT molecular complexity index is 285. The van der Waals surface area contributed by atoms with E-state index >= 15 is 0 Å². The number of aliphatic hydroxyl groups is 5. The fourth-order valence-corrected chi connectivity index (χ4v) is 1.91. The molecule has 0 radical (unpaired) electrons. The van der Waals surface area contributed by atoms with Crippen molar-refractivity contribution in [3.05, 3.63) is 0 Å². The molecule has 5 N–H and O–H groups in total. The van der Waals surface area contributed by atoms with Gasteiger partial charge >= 0.3 is 0 Å². The van der Waals surface area contributed by atoms with Gasteiger partial charge in [0.2, 0.25) is 5.91 Å². The average molecular weight is 265 g/mol. The highest BCUT2D eigenvalue weighted by molar-refractivity contribution is 5.73. The standard InChI is InChI=1S/C10H19NO7/c1-5(14)11(2-3-12)10-9(17)8(16)7(15)6(4-13)18-10/h6-10,12-13,15-17H,2-4H2,1H3/t6-,7-,8+,9-,10-/m1/s1. The minimum absolute atomic E-state index is 0.0853. The molecule has 1 aliphatic rings. The first-order valence-electron chi connectivity index (χ1n) is 5.62. The van der Waals surface area contributed by atoms with E-state index in [1.807, 2.05) is 0 Å². The van der Waals surface area contributed by atoms with Gasteiger partial charge in [0, 0.05) is 13.5 Å². The molecular formula is C10H19NO7. The third kappa shape index (κ3) is 2.97. The van der Waals surface area contributed by atoms with Crippen LogP contribution in [-0.2, 0) is 9.53 Å². The molecule has 0 aromatic carbocycles. The second kappa shape index (κ2) is 6.41. The van der Waals surface area contributed by atoms with Crippen molar-refractivity contribution in [3.63, 3.8) is 0 Å². The Hall–Kier alpha value is -0.770. The molecule has 5 atom stereocenters. The largest absolute Gasteiger partial charge is 0.395 e. The molecule has 0 spiro atoms. The number of rotatable bonds is 4. The van der Waals surface area contributed by atoms with Crippen LogP contribution in [0.25, 0.3) is 0 Å². The lowest BCUT2D eigenvalue weighted by atomic mass is 9.97. The van der Waals surface area contributed by atoms with E-state index in [0.29, 0.717) is 0 Å². The van der Waals surface area contributed by atoms with Gasteiger partial charge < -0.3 is 35.2 Å². The maximum atomic E-state index is 11.4. The summed E-state index contributed by atoms with van der Waals surface area (Å²) in [6.07, 6.45) is -6.82. The van der Waals surface area contributed by atoms with Crippen molar-refractivity contribution < 1.29 is 35.1 Å². The molecule has 1 heterocycles. The fraction of sp³-hybridized carbons (Fsp3) is 0.900. The lowest BCUT2D eigenvalue weighted by Crippen LogP contribution is -2.64. The zero-order valence-electron chi connectivity index (χ0n) is 10.0. The van der Waals surface area contributed by atoms with Crippen molar-refractivity contribution in [2.24, 2.45) is 0 Å². The molecule has 0 aromatic heterocycles. The highest BCUT2D eigenvalue weighted by Gasteiger charge is 2.46. The van der Waals surface area contributed by atoms with Crippen LogP contribution in [0, 0.1) is 0 Å². The average Bonchev–Trinajstić information content (AvgIpc) is 2.34. The molecule has 1 aliphatic heterocycles. The van der Waals surface area contributed by atoms with E-state index in [1.165, 1.54) is 6.92 Å². The first kappa shape index (κ1) is 15.3. The van der Waals surface area contributed by atoms with Crippen LogP contribution in [0.5, 0.6) is 0 Å². The first-order chi connectivity index (χ1) is 8.43. The van der Waals surface area contributed by atoms with Gasteiger partial charge in [-0.3, -0.25) is 4.79 Å². The molecule has 18 heavy (non-hydrogen) atoms. The summed E-state index contributed by atoms with van der Waals surface area (Å²) in [6.45, 7) is 0.232. The van der Waals surface area contributed by atoms with Gasteiger partial charge in [-0.15, -0.1) is 0 Å². The Kier molecular flexibility index (Phi) is 5.45. The minimum atomic E-state index is -1.54. The van der Waals surface area contributed by atoms with Gasteiger partial charge in [-0.2, -0.15) is 0 Å². The highest BCUT2D eigenvalue weighted by atomic mass is 16.6. The lowest BCUT2D eigenvalue weighted by molar-refractivity contribution is -0.262. The normalized spacial score (nSPS) is 36.4. The summed E-state index contributed by atoms with van der Waals surface area (Å²) in [6, 6.07) is 0. The first-order valence-corrected chi connectivity index (χ1v) is 5.62. The number of ether oxygens (including phenoxy) is 1. The maximum Gasteiger partial charge on any atom is 0.221 e. The Balaban J connectivity index is 2.88. The van der Waals surface area contributed by atoms with Crippen LogP contribution in [-0.4, -0.2) is 86.7 Å². The molecule has 1 amide bonds. The van der Waals surface area contributed by atoms with E-state index < -0.39 is 43.2 Å². The quantitative estimate of drug-likeness (QED) is 0.358. The Morgan fingerprint density at radius 2 is 1.78 bits per heavy atom. The fourth-order valence-electron chi connectivity index (χ4n) is 1.91. The SMILES string of the molecule is CC(=O)N(CCO)[C@@H]1O[C@H](CO)[C@@H](O)[C@H](O)[C@H]1O. The molecule has 106 valence electrons. The number of hydrogen-bond donors (Lipinski definition) is 5. The predicted octanol–water partition coefficient (Wildman–Crippen LogP) is -3.37. The van der Waals surface area contributed by atoms with Gasteiger partial charge in [-0.25, -0.2) is 0 Å². The van der Waals surface area contributed by atoms with Crippen LogP contribution in [0.3, 0.4) is 0 Å². The van der Waals surface area contributed by atoms with Crippen LogP contribution < -0.4 is 0 Å². The van der Waals surface area contributed by atoms with Crippen molar-refractivity contribution in [2.75, 3.05) is 19.8 Å². The zero-order chi connectivity index (χ0) is 13.9. The topological polar surface area (TPSA) is 131 Å². The van der Waals surface area contributed by atoms with Gasteiger partial charge in [0.05, 0.1) is 13.2 Å². The van der Waals surface area contributed by atoms with Crippen LogP contribution in [0.2, 0.25) is 0 Å². The molecule has 0 aromatic rings. The monoisotopic (exact) mass is 265 g/mol. The Labute approximate surface area is 104 Å². The van der Waals surface area contributed by atoms with Gasteiger partial charge in [0.25, 0.3) is 0 Å². The van der Waals surface area contributed by atoms with E-state index in [9.17, 15) is 20.1 Å². The number of carbonyl (C=O) groups excluding carboxylic acids is 1. The molecule has 1 fully saturated rings. The zero-order valence-corrected chi connectivity index (χ0v) is 10.0. The summed E-state index contributed by atoms with van der Waals surface area (Å²) in [5, 5.41) is 46.8. The van der Waals surface area contributed by atoms with E-state index in [1.54, 1.807) is 0 Å². The summed E-state index contributed by atoms with van der Waals surface area (Å²) in [5.74, 6) is -0.464.